The van der Waals surface area contributed by atoms with E-state index in [0.29, 0.717) is 12.4 Å². The van der Waals surface area contributed by atoms with Crippen molar-refractivity contribution in [2.45, 2.75) is 46.9 Å². The maximum absolute atomic E-state index is 11.9. The van der Waals surface area contributed by atoms with Crippen LogP contribution in [0.1, 0.15) is 42.6 Å². The number of hydrogen-bond acceptors (Lipinski definition) is 4. The van der Waals surface area contributed by atoms with Gasteiger partial charge in [-0.25, -0.2) is 9.48 Å². The van der Waals surface area contributed by atoms with E-state index in [1.54, 1.807) is 16.9 Å². The van der Waals surface area contributed by atoms with E-state index in [2.05, 4.69) is 10.2 Å². The van der Waals surface area contributed by atoms with Crippen LogP contribution >= 0.6 is 0 Å². The second-order valence-electron chi connectivity index (χ2n) is 5.81. The number of rotatable bonds is 3. The fourth-order valence-electron chi connectivity index (χ4n) is 1.84. The summed E-state index contributed by atoms with van der Waals surface area (Å²) in [6, 6.07) is 3.65. The Balaban J connectivity index is 2.09. The summed E-state index contributed by atoms with van der Waals surface area (Å²) in [4.78, 5) is 11.9. The van der Waals surface area contributed by atoms with Gasteiger partial charge in [0.2, 0.25) is 0 Å². The molecule has 0 unspecified atom stereocenters. The van der Waals surface area contributed by atoms with Crippen LogP contribution in [0.25, 0.3) is 0 Å². The summed E-state index contributed by atoms with van der Waals surface area (Å²) in [5.74, 6) is -0.412. The standard InChI is InChI=1S/C14H20N4O2/c1-10-8-11(2)18(15-10)9-17-7-6-12(16-17)13(19)20-14(3,4)5/h6-8H,9H2,1-5H3. The van der Waals surface area contributed by atoms with Crippen LogP contribution in [0.5, 0.6) is 0 Å². The zero-order chi connectivity index (χ0) is 14.9. The molecular weight excluding hydrogens is 256 g/mol. The lowest BCUT2D eigenvalue weighted by atomic mass is 10.2. The van der Waals surface area contributed by atoms with E-state index in [-0.39, 0.29) is 0 Å². The first-order valence-corrected chi connectivity index (χ1v) is 6.52. The van der Waals surface area contributed by atoms with Crippen molar-refractivity contribution in [1.82, 2.24) is 19.6 Å². The minimum Gasteiger partial charge on any atom is -0.455 e. The molecule has 108 valence electrons. The molecule has 0 aromatic carbocycles. The van der Waals surface area contributed by atoms with Crippen molar-refractivity contribution in [1.29, 1.82) is 0 Å². The van der Waals surface area contributed by atoms with Gasteiger partial charge in [-0.3, -0.25) is 4.68 Å². The number of aryl methyl sites for hydroxylation is 2. The van der Waals surface area contributed by atoms with Crippen LogP contribution in [0.2, 0.25) is 0 Å². The first-order valence-electron chi connectivity index (χ1n) is 6.52. The molecule has 20 heavy (non-hydrogen) atoms. The first kappa shape index (κ1) is 14.3. The zero-order valence-electron chi connectivity index (χ0n) is 12.5. The lowest BCUT2D eigenvalue weighted by Crippen LogP contribution is -2.24. The van der Waals surface area contributed by atoms with E-state index in [0.717, 1.165) is 11.4 Å². The van der Waals surface area contributed by atoms with Crippen molar-refractivity contribution in [3.05, 3.63) is 35.4 Å². The molecule has 0 fully saturated rings. The first-order chi connectivity index (χ1) is 9.24. The van der Waals surface area contributed by atoms with E-state index in [4.69, 9.17) is 4.74 Å². The summed E-state index contributed by atoms with van der Waals surface area (Å²) in [6.07, 6.45) is 1.75. The van der Waals surface area contributed by atoms with E-state index in [1.807, 2.05) is 45.4 Å². The summed E-state index contributed by atoms with van der Waals surface area (Å²) < 4.78 is 8.78. The molecule has 6 heteroatoms. The molecule has 0 saturated carbocycles. The van der Waals surface area contributed by atoms with Gasteiger partial charge < -0.3 is 4.74 Å². The molecular formula is C14H20N4O2. The number of aromatic nitrogens is 4. The maximum atomic E-state index is 11.9. The molecule has 6 nitrogen and oxygen atoms in total. The summed E-state index contributed by atoms with van der Waals surface area (Å²) in [5.41, 5.74) is 1.80. The van der Waals surface area contributed by atoms with Gasteiger partial charge in [-0.05, 0) is 46.8 Å². The number of ether oxygens (including phenoxy) is 1. The van der Waals surface area contributed by atoms with Crippen LogP contribution in [0.15, 0.2) is 18.3 Å². The highest BCUT2D eigenvalue weighted by Crippen LogP contribution is 2.11. The second kappa shape index (κ2) is 5.11. The predicted molar refractivity (Wildman–Crippen MR) is 74.5 cm³/mol. The molecule has 2 heterocycles. The SMILES string of the molecule is Cc1cc(C)n(Cn2ccc(C(=O)OC(C)(C)C)n2)n1. The highest BCUT2D eigenvalue weighted by Gasteiger charge is 2.19. The summed E-state index contributed by atoms with van der Waals surface area (Å²) in [7, 11) is 0. The monoisotopic (exact) mass is 276 g/mol. The molecule has 0 aliphatic rings. The Kier molecular flexibility index (Phi) is 3.65. The number of hydrogen-bond donors (Lipinski definition) is 0. The van der Waals surface area contributed by atoms with E-state index in [1.165, 1.54) is 0 Å². The Morgan fingerprint density at radius 1 is 1.30 bits per heavy atom. The molecule has 2 aromatic rings. The Morgan fingerprint density at radius 2 is 2.00 bits per heavy atom. The van der Waals surface area contributed by atoms with Crippen LogP contribution in [0, 0.1) is 13.8 Å². The predicted octanol–water partition coefficient (Wildman–Crippen LogP) is 2.16. The van der Waals surface area contributed by atoms with Crippen molar-refractivity contribution in [2.24, 2.45) is 0 Å². The molecule has 2 rings (SSSR count). The van der Waals surface area contributed by atoms with Gasteiger partial charge in [0.1, 0.15) is 12.3 Å². The minimum atomic E-state index is -0.517. The van der Waals surface area contributed by atoms with E-state index >= 15 is 0 Å². The molecule has 0 bridgehead atoms. The lowest BCUT2D eigenvalue weighted by molar-refractivity contribution is 0.00618. The fraction of sp³-hybridized carbons (Fsp3) is 0.500. The quantitative estimate of drug-likeness (QED) is 0.806. The summed E-state index contributed by atoms with van der Waals surface area (Å²) in [6.45, 7) is 9.90. The van der Waals surface area contributed by atoms with Crippen molar-refractivity contribution in [3.8, 4) is 0 Å². The van der Waals surface area contributed by atoms with Crippen molar-refractivity contribution < 1.29 is 9.53 Å². The maximum Gasteiger partial charge on any atom is 0.359 e. The number of carbonyl (C=O) groups is 1. The molecule has 0 amide bonds. The summed E-state index contributed by atoms with van der Waals surface area (Å²) in [5, 5.41) is 8.58. The fourth-order valence-corrected chi connectivity index (χ4v) is 1.84. The van der Waals surface area contributed by atoms with Gasteiger partial charge in [0, 0.05) is 11.9 Å². The smallest absolute Gasteiger partial charge is 0.359 e. The van der Waals surface area contributed by atoms with E-state index in [9.17, 15) is 4.79 Å². The van der Waals surface area contributed by atoms with Crippen molar-refractivity contribution >= 4 is 5.97 Å². The zero-order valence-corrected chi connectivity index (χ0v) is 12.5. The average Bonchev–Trinajstić information content (AvgIpc) is 2.85. The molecule has 0 aliphatic heterocycles. The van der Waals surface area contributed by atoms with Gasteiger partial charge in [0.25, 0.3) is 0 Å². The number of nitrogens with zero attached hydrogens (tertiary/aromatic N) is 4. The summed E-state index contributed by atoms with van der Waals surface area (Å²) >= 11 is 0. The number of carbonyl (C=O) groups excluding carboxylic acids is 1. The molecule has 0 atom stereocenters. The number of esters is 1. The van der Waals surface area contributed by atoms with Crippen LogP contribution in [-0.2, 0) is 11.4 Å². The van der Waals surface area contributed by atoms with Crippen LogP contribution < -0.4 is 0 Å². The highest BCUT2D eigenvalue weighted by atomic mass is 16.6. The van der Waals surface area contributed by atoms with Gasteiger partial charge in [-0.15, -0.1) is 0 Å². The molecule has 0 spiro atoms. The van der Waals surface area contributed by atoms with Gasteiger partial charge in [0.05, 0.1) is 5.69 Å². The Labute approximate surface area is 118 Å². The third-order valence-corrected chi connectivity index (χ3v) is 2.63. The molecule has 0 N–H and O–H groups in total. The van der Waals surface area contributed by atoms with Gasteiger partial charge >= 0.3 is 5.97 Å². The van der Waals surface area contributed by atoms with Crippen molar-refractivity contribution in [2.75, 3.05) is 0 Å². The van der Waals surface area contributed by atoms with Crippen LogP contribution in [-0.4, -0.2) is 31.1 Å². The topological polar surface area (TPSA) is 61.9 Å². The Hall–Kier alpha value is -2.11. The Morgan fingerprint density at radius 3 is 2.55 bits per heavy atom. The molecule has 0 saturated heterocycles. The van der Waals surface area contributed by atoms with Gasteiger partial charge in [0.15, 0.2) is 5.69 Å². The van der Waals surface area contributed by atoms with Crippen molar-refractivity contribution in [3.63, 3.8) is 0 Å². The largest absolute Gasteiger partial charge is 0.455 e. The third kappa shape index (κ3) is 3.46. The molecule has 2 aromatic heterocycles. The normalized spacial score (nSPS) is 11.7. The lowest BCUT2D eigenvalue weighted by Gasteiger charge is -2.18. The Bertz CT molecular complexity index is 619. The van der Waals surface area contributed by atoms with Gasteiger partial charge in [-0.1, -0.05) is 0 Å². The molecule has 0 radical (unpaired) electrons. The van der Waals surface area contributed by atoms with Crippen LogP contribution in [0.4, 0.5) is 0 Å². The van der Waals surface area contributed by atoms with Gasteiger partial charge in [-0.2, -0.15) is 10.2 Å². The highest BCUT2D eigenvalue weighted by molar-refractivity contribution is 5.87. The second-order valence-corrected chi connectivity index (χ2v) is 5.81. The van der Waals surface area contributed by atoms with Crippen LogP contribution in [0.3, 0.4) is 0 Å². The third-order valence-electron chi connectivity index (χ3n) is 2.63. The average molecular weight is 276 g/mol. The molecule has 0 aliphatic carbocycles. The van der Waals surface area contributed by atoms with E-state index < -0.39 is 11.6 Å². The minimum absolute atomic E-state index is 0.307.